The molecule has 0 saturated heterocycles. The molecule has 4 nitrogen and oxygen atoms in total. The van der Waals surface area contributed by atoms with E-state index in [4.69, 9.17) is 10.5 Å². The van der Waals surface area contributed by atoms with E-state index in [-0.39, 0.29) is 5.69 Å². The Bertz CT molecular complexity index is 631. The van der Waals surface area contributed by atoms with Crippen LogP contribution >= 0.6 is 0 Å². The molecule has 110 valence electrons. The fourth-order valence-electron chi connectivity index (χ4n) is 2.04. The second-order valence-electron chi connectivity index (χ2n) is 4.43. The smallest absolute Gasteiger partial charge is 0.244 e. The van der Waals surface area contributed by atoms with Gasteiger partial charge in [0.15, 0.2) is 0 Å². The zero-order chi connectivity index (χ0) is 15.2. The van der Waals surface area contributed by atoms with Gasteiger partial charge in [-0.05, 0) is 25.1 Å². The summed E-state index contributed by atoms with van der Waals surface area (Å²) in [6, 6.07) is 12.3. The minimum absolute atomic E-state index is 0.215. The van der Waals surface area contributed by atoms with E-state index in [2.05, 4.69) is 5.32 Å². The quantitative estimate of drug-likeness (QED) is 0.859. The van der Waals surface area contributed by atoms with Crippen LogP contribution in [0.3, 0.4) is 0 Å². The molecule has 2 aromatic carbocycles. The Balaban J connectivity index is 2.36. The third kappa shape index (κ3) is 3.51. The Morgan fingerprint density at radius 3 is 2.57 bits per heavy atom. The molecule has 0 aliphatic carbocycles. The summed E-state index contributed by atoms with van der Waals surface area (Å²) in [6.45, 7) is 2.31. The van der Waals surface area contributed by atoms with Crippen LogP contribution in [0, 0.1) is 5.82 Å². The lowest BCUT2D eigenvalue weighted by atomic mass is 10.0. The second-order valence-corrected chi connectivity index (χ2v) is 4.43. The molecule has 1 atom stereocenters. The van der Waals surface area contributed by atoms with Crippen LogP contribution < -0.4 is 15.8 Å². The maximum Gasteiger partial charge on any atom is 0.244 e. The first kappa shape index (κ1) is 14.8. The molecule has 0 aliphatic heterocycles. The largest absolute Gasteiger partial charge is 0.494 e. The summed E-state index contributed by atoms with van der Waals surface area (Å²) in [5.74, 6) is -0.504. The molecule has 0 aliphatic rings. The monoisotopic (exact) mass is 288 g/mol. The number of anilines is 1. The summed E-state index contributed by atoms with van der Waals surface area (Å²) in [5, 5.41) is 2.83. The lowest BCUT2D eigenvalue weighted by Crippen LogP contribution is -2.28. The Morgan fingerprint density at radius 1 is 1.24 bits per heavy atom. The number of halogens is 1. The lowest BCUT2D eigenvalue weighted by Gasteiger charge is -2.20. The van der Waals surface area contributed by atoms with E-state index in [0.717, 1.165) is 0 Å². The fraction of sp³-hybridized carbons (Fsp3) is 0.188. The van der Waals surface area contributed by atoms with Crippen LogP contribution in [0.25, 0.3) is 0 Å². The number of carbonyl (C=O) groups is 1. The zero-order valence-electron chi connectivity index (χ0n) is 11.7. The zero-order valence-corrected chi connectivity index (χ0v) is 11.7. The summed E-state index contributed by atoms with van der Waals surface area (Å²) in [4.78, 5) is 11.8. The van der Waals surface area contributed by atoms with Gasteiger partial charge in [0.1, 0.15) is 17.6 Å². The number of rotatable bonds is 6. The van der Waals surface area contributed by atoms with Gasteiger partial charge in [0, 0.05) is 5.56 Å². The summed E-state index contributed by atoms with van der Waals surface area (Å²) < 4.78 is 19.2. The number of nitrogens with two attached hydrogens (primary N) is 1. The van der Waals surface area contributed by atoms with Crippen molar-refractivity contribution in [3.05, 3.63) is 59.9 Å². The average molecular weight is 288 g/mol. The molecule has 0 fully saturated rings. The number of ether oxygens (including phenoxy) is 1. The van der Waals surface area contributed by atoms with E-state index in [1.54, 1.807) is 42.5 Å². The number of carbonyl (C=O) groups excluding carboxylic acids is 1. The van der Waals surface area contributed by atoms with Crippen molar-refractivity contribution in [2.75, 3.05) is 11.9 Å². The normalized spacial score (nSPS) is 11.7. The van der Waals surface area contributed by atoms with Crippen LogP contribution in [0.5, 0.6) is 5.75 Å². The van der Waals surface area contributed by atoms with Crippen LogP contribution in [0.1, 0.15) is 18.5 Å². The van der Waals surface area contributed by atoms with Crippen molar-refractivity contribution in [2.45, 2.75) is 13.0 Å². The van der Waals surface area contributed by atoms with Crippen molar-refractivity contribution < 1.29 is 13.9 Å². The third-order valence-corrected chi connectivity index (χ3v) is 2.99. The predicted octanol–water partition coefficient (Wildman–Crippen LogP) is 2.86. The highest BCUT2D eigenvalue weighted by molar-refractivity contribution is 5.85. The molecule has 1 unspecified atom stereocenters. The molecule has 0 radical (unpaired) electrons. The van der Waals surface area contributed by atoms with E-state index >= 15 is 0 Å². The number of hydrogen-bond acceptors (Lipinski definition) is 3. The minimum atomic E-state index is -0.871. The van der Waals surface area contributed by atoms with Gasteiger partial charge in [-0.3, -0.25) is 4.79 Å². The standard InChI is InChI=1S/C16H17FN2O2/c1-2-21-14-10-6-3-7-11(14)15(16(18)20)19-13-9-5-4-8-12(13)17/h3-10,15,19H,2H2,1H3,(H2,18,20). The Hall–Kier alpha value is -2.56. The molecule has 21 heavy (non-hydrogen) atoms. The average Bonchev–Trinajstić information content (AvgIpc) is 2.47. The molecule has 0 heterocycles. The second kappa shape index (κ2) is 6.74. The molecule has 3 N–H and O–H groups in total. The van der Waals surface area contributed by atoms with Crippen molar-refractivity contribution in [2.24, 2.45) is 5.73 Å². The van der Waals surface area contributed by atoms with Crippen molar-refractivity contribution in [3.63, 3.8) is 0 Å². The number of primary amides is 1. The Kier molecular flexibility index (Phi) is 4.77. The van der Waals surface area contributed by atoms with Gasteiger partial charge in [-0.1, -0.05) is 30.3 Å². The molecule has 1 amide bonds. The predicted molar refractivity (Wildman–Crippen MR) is 79.6 cm³/mol. The molecular formula is C16H17FN2O2. The van der Waals surface area contributed by atoms with Crippen molar-refractivity contribution >= 4 is 11.6 Å². The van der Waals surface area contributed by atoms with E-state index in [9.17, 15) is 9.18 Å². The molecule has 0 spiro atoms. The lowest BCUT2D eigenvalue weighted by molar-refractivity contribution is -0.118. The van der Waals surface area contributed by atoms with E-state index in [1.165, 1.54) is 6.07 Å². The molecule has 5 heteroatoms. The van der Waals surface area contributed by atoms with Crippen LogP contribution in [0.15, 0.2) is 48.5 Å². The van der Waals surface area contributed by atoms with Gasteiger partial charge in [-0.15, -0.1) is 0 Å². The Morgan fingerprint density at radius 2 is 1.90 bits per heavy atom. The SMILES string of the molecule is CCOc1ccccc1C(Nc1ccccc1F)C(N)=O. The van der Waals surface area contributed by atoms with Gasteiger partial charge in [-0.2, -0.15) is 0 Å². The maximum atomic E-state index is 13.7. The number of nitrogens with one attached hydrogen (secondary N) is 1. The topological polar surface area (TPSA) is 64.3 Å². The highest BCUT2D eigenvalue weighted by Crippen LogP contribution is 2.28. The first-order chi connectivity index (χ1) is 10.1. The van der Waals surface area contributed by atoms with Crippen molar-refractivity contribution in [1.82, 2.24) is 0 Å². The number of benzene rings is 2. The first-order valence-corrected chi connectivity index (χ1v) is 6.65. The van der Waals surface area contributed by atoms with Gasteiger partial charge >= 0.3 is 0 Å². The number of hydrogen-bond donors (Lipinski definition) is 2. The van der Waals surface area contributed by atoms with Gasteiger partial charge in [0.05, 0.1) is 12.3 Å². The molecular weight excluding hydrogens is 271 g/mol. The molecule has 0 aromatic heterocycles. The van der Waals surface area contributed by atoms with Crippen molar-refractivity contribution in [1.29, 1.82) is 0 Å². The van der Waals surface area contributed by atoms with Crippen LogP contribution in [0.2, 0.25) is 0 Å². The minimum Gasteiger partial charge on any atom is -0.494 e. The van der Waals surface area contributed by atoms with Gasteiger partial charge in [-0.25, -0.2) is 4.39 Å². The number of para-hydroxylation sites is 2. The maximum absolute atomic E-state index is 13.7. The van der Waals surface area contributed by atoms with E-state index in [0.29, 0.717) is 17.9 Å². The van der Waals surface area contributed by atoms with Gasteiger partial charge in [0.2, 0.25) is 5.91 Å². The van der Waals surface area contributed by atoms with Crippen LogP contribution in [0.4, 0.5) is 10.1 Å². The molecule has 2 rings (SSSR count). The van der Waals surface area contributed by atoms with Crippen LogP contribution in [-0.4, -0.2) is 12.5 Å². The van der Waals surface area contributed by atoms with Crippen LogP contribution in [-0.2, 0) is 4.79 Å². The third-order valence-electron chi connectivity index (χ3n) is 2.99. The fourth-order valence-corrected chi connectivity index (χ4v) is 2.04. The van der Waals surface area contributed by atoms with E-state index in [1.807, 2.05) is 6.92 Å². The highest BCUT2D eigenvalue weighted by Gasteiger charge is 2.22. The summed E-state index contributed by atoms with van der Waals surface area (Å²) in [5.41, 5.74) is 6.25. The molecule has 0 saturated carbocycles. The van der Waals surface area contributed by atoms with Crippen molar-refractivity contribution in [3.8, 4) is 5.75 Å². The highest BCUT2D eigenvalue weighted by atomic mass is 19.1. The summed E-state index contributed by atoms with van der Waals surface area (Å²) in [6.07, 6.45) is 0. The van der Waals surface area contributed by atoms with E-state index < -0.39 is 17.8 Å². The molecule has 0 bridgehead atoms. The van der Waals surface area contributed by atoms with Gasteiger partial charge in [0.25, 0.3) is 0 Å². The summed E-state index contributed by atoms with van der Waals surface area (Å²) >= 11 is 0. The number of amides is 1. The summed E-state index contributed by atoms with van der Waals surface area (Å²) in [7, 11) is 0. The first-order valence-electron chi connectivity index (χ1n) is 6.65. The molecule has 2 aromatic rings. The van der Waals surface area contributed by atoms with Gasteiger partial charge < -0.3 is 15.8 Å². The Labute approximate surface area is 122 Å².